The molecule has 2 aromatic rings. The molecule has 1 aromatic heterocycles. The first-order chi connectivity index (χ1) is 7.63. The van der Waals surface area contributed by atoms with Gasteiger partial charge in [-0.2, -0.15) is 5.26 Å². The highest BCUT2D eigenvalue weighted by Gasteiger charge is 2.13. The van der Waals surface area contributed by atoms with E-state index in [1.54, 1.807) is 0 Å². The van der Waals surface area contributed by atoms with Crippen LogP contribution in [0.3, 0.4) is 0 Å². The van der Waals surface area contributed by atoms with E-state index >= 15 is 0 Å². The molecule has 5 nitrogen and oxygen atoms in total. The van der Waals surface area contributed by atoms with Gasteiger partial charge in [-0.15, -0.1) is 5.10 Å². The van der Waals surface area contributed by atoms with Crippen molar-refractivity contribution in [3.8, 4) is 11.8 Å². The number of nitrogens with two attached hydrogens (primary N) is 1. The largest absolute Gasteiger partial charge is 0.366 e. The van der Waals surface area contributed by atoms with Crippen LogP contribution in [0.15, 0.2) is 22.9 Å². The average Bonchev–Trinajstić information content (AvgIpc) is 2.69. The number of nitrogens with zero attached hydrogens (tertiary/aromatic N) is 4. The zero-order valence-electron chi connectivity index (χ0n) is 7.85. The Morgan fingerprint density at radius 2 is 2.25 bits per heavy atom. The molecule has 0 radical (unpaired) electrons. The minimum absolute atomic E-state index is 0.0554. The SMILES string of the molecule is N#Cc1ccc(-n2cnc(N)n2)c(F)c1Br. The molecular weight excluding hydrogens is 277 g/mol. The van der Waals surface area contributed by atoms with Crippen molar-refractivity contribution >= 4 is 21.9 Å². The van der Waals surface area contributed by atoms with Gasteiger partial charge in [-0.3, -0.25) is 0 Å². The lowest BCUT2D eigenvalue weighted by Gasteiger charge is -2.04. The van der Waals surface area contributed by atoms with Gasteiger partial charge in [0.15, 0.2) is 5.82 Å². The van der Waals surface area contributed by atoms with Crippen LogP contribution in [0.4, 0.5) is 10.3 Å². The molecule has 2 N–H and O–H groups in total. The number of hydrogen-bond donors (Lipinski definition) is 1. The molecule has 0 aliphatic rings. The molecule has 80 valence electrons. The number of benzene rings is 1. The standard InChI is InChI=1S/C9H5BrFN5/c10-7-5(3-12)1-2-6(8(7)11)16-4-14-9(13)15-16/h1-2,4H,(H2,13,15). The fourth-order valence-electron chi connectivity index (χ4n) is 1.19. The van der Waals surface area contributed by atoms with Crippen LogP contribution >= 0.6 is 15.9 Å². The van der Waals surface area contributed by atoms with E-state index in [0.717, 1.165) is 0 Å². The summed E-state index contributed by atoms with van der Waals surface area (Å²) >= 11 is 3.01. The molecule has 0 fully saturated rings. The third kappa shape index (κ3) is 1.63. The van der Waals surface area contributed by atoms with E-state index in [9.17, 15) is 4.39 Å². The zero-order chi connectivity index (χ0) is 11.7. The zero-order valence-corrected chi connectivity index (χ0v) is 9.44. The Labute approximate surface area is 98.4 Å². The second-order valence-corrected chi connectivity index (χ2v) is 3.71. The molecule has 0 amide bonds. The summed E-state index contributed by atoms with van der Waals surface area (Å²) in [5.41, 5.74) is 5.72. The summed E-state index contributed by atoms with van der Waals surface area (Å²) in [6.07, 6.45) is 1.30. The van der Waals surface area contributed by atoms with Crippen LogP contribution in [0.2, 0.25) is 0 Å². The molecule has 16 heavy (non-hydrogen) atoms. The van der Waals surface area contributed by atoms with Crippen molar-refractivity contribution in [2.45, 2.75) is 0 Å². The van der Waals surface area contributed by atoms with Gasteiger partial charge < -0.3 is 5.73 Å². The molecule has 0 atom stereocenters. The predicted molar refractivity (Wildman–Crippen MR) is 58.1 cm³/mol. The summed E-state index contributed by atoms with van der Waals surface area (Å²) in [7, 11) is 0. The number of halogens is 2. The monoisotopic (exact) mass is 281 g/mol. The number of nitrogen functional groups attached to an aromatic ring is 1. The lowest BCUT2D eigenvalue weighted by molar-refractivity contribution is 0.604. The van der Waals surface area contributed by atoms with E-state index in [1.807, 2.05) is 6.07 Å². The van der Waals surface area contributed by atoms with E-state index in [-0.39, 0.29) is 21.7 Å². The van der Waals surface area contributed by atoms with Crippen LogP contribution in [-0.4, -0.2) is 14.8 Å². The lowest BCUT2D eigenvalue weighted by atomic mass is 10.2. The van der Waals surface area contributed by atoms with Crippen LogP contribution in [0, 0.1) is 17.1 Å². The molecule has 0 spiro atoms. The second kappa shape index (κ2) is 3.90. The summed E-state index contributed by atoms with van der Waals surface area (Å²) < 4.78 is 15.1. The first-order valence-corrected chi connectivity index (χ1v) is 4.98. The number of hydrogen-bond acceptors (Lipinski definition) is 4. The molecule has 0 bridgehead atoms. The summed E-state index contributed by atoms with van der Waals surface area (Å²) in [6.45, 7) is 0. The summed E-state index contributed by atoms with van der Waals surface area (Å²) in [5, 5.41) is 12.5. The maximum Gasteiger partial charge on any atom is 0.239 e. The number of anilines is 1. The second-order valence-electron chi connectivity index (χ2n) is 2.92. The Kier molecular flexibility index (Phi) is 2.58. The minimum Gasteiger partial charge on any atom is -0.366 e. The van der Waals surface area contributed by atoms with Gasteiger partial charge in [-0.05, 0) is 28.1 Å². The predicted octanol–water partition coefficient (Wildman–Crippen LogP) is 1.62. The minimum atomic E-state index is -0.580. The first-order valence-electron chi connectivity index (χ1n) is 4.19. The highest BCUT2D eigenvalue weighted by molar-refractivity contribution is 9.10. The average molecular weight is 282 g/mol. The Morgan fingerprint density at radius 3 is 2.81 bits per heavy atom. The molecule has 0 saturated heterocycles. The van der Waals surface area contributed by atoms with Gasteiger partial charge in [0.2, 0.25) is 5.95 Å². The van der Waals surface area contributed by atoms with Crippen molar-refractivity contribution in [3.63, 3.8) is 0 Å². The van der Waals surface area contributed by atoms with Crippen molar-refractivity contribution in [1.29, 1.82) is 5.26 Å². The smallest absolute Gasteiger partial charge is 0.239 e. The third-order valence-corrected chi connectivity index (χ3v) is 2.71. The molecule has 1 aromatic carbocycles. The van der Waals surface area contributed by atoms with Gasteiger partial charge in [-0.1, -0.05) is 0 Å². The van der Waals surface area contributed by atoms with Crippen molar-refractivity contribution < 1.29 is 4.39 Å². The van der Waals surface area contributed by atoms with E-state index in [4.69, 9.17) is 11.0 Å². The third-order valence-electron chi connectivity index (χ3n) is 1.94. The molecule has 0 aliphatic carbocycles. The molecule has 7 heteroatoms. The van der Waals surface area contributed by atoms with Gasteiger partial charge in [0.25, 0.3) is 0 Å². The number of nitriles is 1. The van der Waals surface area contributed by atoms with E-state index < -0.39 is 5.82 Å². The maximum atomic E-state index is 13.8. The van der Waals surface area contributed by atoms with Gasteiger partial charge >= 0.3 is 0 Å². The van der Waals surface area contributed by atoms with Crippen molar-refractivity contribution in [2.75, 3.05) is 5.73 Å². The highest BCUT2D eigenvalue weighted by Crippen LogP contribution is 2.25. The Hall–Kier alpha value is -1.94. The first kappa shape index (κ1) is 10.6. The fourth-order valence-corrected chi connectivity index (χ4v) is 1.62. The van der Waals surface area contributed by atoms with Gasteiger partial charge in [0, 0.05) is 0 Å². The summed E-state index contributed by atoms with van der Waals surface area (Å²) in [5.74, 6) is -0.524. The van der Waals surface area contributed by atoms with E-state index in [0.29, 0.717) is 0 Å². The normalized spacial score (nSPS) is 10.1. The number of aromatic nitrogens is 3. The van der Waals surface area contributed by atoms with Crippen LogP contribution in [0.1, 0.15) is 5.56 Å². The highest BCUT2D eigenvalue weighted by atomic mass is 79.9. The Balaban J connectivity index is 2.60. The lowest BCUT2D eigenvalue weighted by Crippen LogP contribution is -2.01. The van der Waals surface area contributed by atoms with E-state index in [2.05, 4.69) is 26.0 Å². The van der Waals surface area contributed by atoms with Crippen LogP contribution in [0.25, 0.3) is 5.69 Å². The van der Waals surface area contributed by atoms with E-state index in [1.165, 1.54) is 23.1 Å². The van der Waals surface area contributed by atoms with Gasteiger partial charge in [-0.25, -0.2) is 14.1 Å². The fraction of sp³-hybridized carbons (Fsp3) is 0. The van der Waals surface area contributed by atoms with Crippen LogP contribution < -0.4 is 5.73 Å². The maximum absolute atomic E-state index is 13.8. The quantitative estimate of drug-likeness (QED) is 0.861. The van der Waals surface area contributed by atoms with Crippen molar-refractivity contribution in [3.05, 3.63) is 34.3 Å². The number of rotatable bonds is 1. The van der Waals surface area contributed by atoms with Gasteiger partial charge in [0.05, 0.1) is 10.0 Å². The molecule has 0 saturated carbocycles. The topological polar surface area (TPSA) is 80.5 Å². The molecule has 1 heterocycles. The van der Waals surface area contributed by atoms with Crippen LogP contribution in [-0.2, 0) is 0 Å². The van der Waals surface area contributed by atoms with Crippen LogP contribution in [0.5, 0.6) is 0 Å². The summed E-state index contributed by atoms with van der Waals surface area (Å²) in [4.78, 5) is 3.69. The molecule has 0 aliphatic heterocycles. The molecule has 2 rings (SSSR count). The Bertz CT molecular complexity index is 586. The van der Waals surface area contributed by atoms with Crippen molar-refractivity contribution in [1.82, 2.24) is 14.8 Å². The Morgan fingerprint density at radius 1 is 1.50 bits per heavy atom. The summed E-state index contributed by atoms with van der Waals surface area (Å²) in [6, 6.07) is 4.79. The van der Waals surface area contributed by atoms with Crippen molar-refractivity contribution in [2.24, 2.45) is 0 Å². The van der Waals surface area contributed by atoms with Gasteiger partial charge in [0.1, 0.15) is 18.1 Å². The molecular formula is C9H5BrFN5. The molecule has 0 unspecified atom stereocenters.